The van der Waals surface area contributed by atoms with Gasteiger partial charge in [-0.2, -0.15) is 10.0 Å². The van der Waals surface area contributed by atoms with E-state index in [-0.39, 0.29) is 24.5 Å². The molecule has 2 amide bonds. The van der Waals surface area contributed by atoms with Crippen molar-refractivity contribution in [3.63, 3.8) is 0 Å². The van der Waals surface area contributed by atoms with Crippen LogP contribution in [0.15, 0.2) is 0 Å². The molecule has 2 fully saturated rings. The Kier molecular flexibility index (Phi) is 7.96. The summed E-state index contributed by atoms with van der Waals surface area (Å²) < 4.78 is 10.4. The number of ether oxygens (including phenoxy) is 2. The average Bonchev–Trinajstić information content (AvgIpc) is 3.49. The lowest BCUT2D eigenvalue weighted by Gasteiger charge is -2.04. The van der Waals surface area contributed by atoms with E-state index in [4.69, 9.17) is 9.47 Å². The van der Waals surface area contributed by atoms with Crippen molar-refractivity contribution in [1.29, 1.82) is 0 Å². The Hall–Kier alpha value is -1.54. The van der Waals surface area contributed by atoms with Gasteiger partial charge in [0.15, 0.2) is 12.3 Å². The van der Waals surface area contributed by atoms with Crippen LogP contribution in [-0.2, 0) is 9.47 Å². The molecule has 0 spiro atoms. The van der Waals surface area contributed by atoms with Crippen molar-refractivity contribution >= 4 is 12.2 Å². The quantitative estimate of drug-likeness (QED) is 0.410. The second kappa shape index (κ2) is 9.97. The van der Waals surface area contributed by atoms with Gasteiger partial charge in [-0.25, -0.2) is 19.6 Å². The van der Waals surface area contributed by atoms with Crippen molar-refractivity contribution in [1.82, 2.24) is 20.0 Å². The van der Waals surface area contributed by atoms with Gasteiger partial charge in [0.05, 0.1) is 13.2 Å². The monoisotopic (exact) mass is 370 g/mol. The van der Waals surface area contributed by atoms with Crippen LogP contribution in [0.2, 0.25) is 0 Å². The average molecular weight is 370 g/mol. The minimum absolute atomic E-state index is 0.142. The molecule has 2 aliphatic rings. The van der Waals surface area contributed by atoms with E-state index >= 15 is 0 Å². The van der Waals surface area contributed by atoms with Gasteiger partial charge in [-0.15, -0.1) is 0 Å². The predicted molar refractivity (Wildman–Crippen MR) is 97.8 cm³/mol. The lowest BCUT2D eigenvalue weighted by molar-refractivity contribution is 0.115. The molecule has 8 heteroatoms. The normalized spacial score (nSPS) is 26.6. The van der Waals surface area contributed by atoms with Crippen molar-refractivity contribution in [2.75, 3.05) is 26.3 Å². The summed E-state index contributed by atoms with van der Waals surface area (Å²) in [6.07, 6.45) is 5.57. The number of rotatable bonds is 11. The van der Waals surface area contributed by atoms with Crippen LogP contribution < -0.4 is 0 Å². The number of carbonyl (C=O) groups is 2. The largest absolute Gasteiger partial charge is 0.449 e. The van der Waals surface area contributed by atoms with Gasteiger partial charge in [0.1, 0.15) is 0 Å². The van der Waals surface area contributed by atoms with E-state index in [0.29, 0.717) is 13.2 Å². The summed E-state index contributed by atoms with van der Waals surface area (Å²) in [6.45, 7) is 10.2. The fourth-order valence-electron chi connectivity index (χ4n) is 3.34. The van der Waals surface area contributed by atoms with Crippen molar-refractivity contribution in [3.8, 4) is 0 Å². The van der Waals surface area contributed by atoms with Crippen molar-refractivity contribution in [3.05, 3.63) is 0 Å². The first kappa shape index (κ1) is 20.8. The van der Waals surface area contributed by atoms with Gasteiger partial charge in [-0.05, 0) is 26.7 Å². The summed E-state index contributed by atoms with van der Waals surface area (Å²) in [7, 11) is 0. The molecule has 0 aromatic carbocycles. The molecule has 0 aliphatic carbocycles. The molecule has 4 atom stereocenters. The summed E-state index contributed by atoms with van der Waals surface area (Å²) in [5, 5.41) is 7.33. The fraction of sp³-hybridized carbons (Fsp3) is 0.889. The Balaban J connectivity index is 2.02. The highest BCUT2D eigenvalue weighted by atomic mass is 16.6. The van der Waals surface area contributed by atoms with Crippen LogP contribution >= 0.6 is 0 Å². The SMILES string of the molecule is CCCCCN1C(C2N(CCCCC)N2C(=O)OCC)N1C(=O)OCC. The molecule has 2 rings (SSSR count). The van der Waals surface area contributed by atoms with E-state index in [1.807, 2.05) is 10.0 Å². The Bertz CT molecular complexity index is 434. The smallest absolute Gasteiger partial charge is 0.426 e. The minimum atomic E-state index is -0.335. The number of nitrogens with zero attached hydrogens (tertiary/aromatic N) is 4. The van der Waals surface area contributed by atoms with Gasteiger partial charge in [0.25, 0.3) is 0 Å². The molecule has 0 radical (unpaired) electrons. The van der Waals surface area contributed by atoms with Crippen LogP contribution in [0.4, 0.5) is 9.59 Å². The number of hydrogen-bond donors (Lipinski definition) is 0. The first-order chi connectivity index (χ1) is 12.6. The third kappa shape index (κ3) is 4.79. The minimum Gasteiger partial charge on any atom is -0.449 e. The topological polar surface area (TPSA) is 64.6 Å². The van der Waals surface area contributed by atoms with Crippen molar-refractivity contribution in [2.45, 2.75) is 78.6 Å². The summed E-state index contributed by atoms with van der Waals surface area (Å²) in [6, 6.07) is 0. The number of unbranched alkanes of at least 4 members (excludes halogenated alkanes) is 4. The van der Waals surface area contributed by atoms with E-state index in [9.17, 15) is 9.59 Å². The van der Waals surface area contributed by atoms with Crippen molar-refractivity contribution < 1.29 is 19.1 Å². The highest BCUT2D eigenvalue weighted by molar-refractivity contribution is 5.72. The van der Waals surface area contributed by atoms with Gasteiger partial charge >= 0.3 is 12.2 Å². The number of hydrogen-bond acceptors (Lipinski definition) is 6. The predicted octanol–water partition coefficient (Wildman–Crippen LogP) is 3.40. The highest BCUT2D eigenvalue weighted by Crippen LogP contribution is 2.43. The lowest BCUT2D eigenvalue weighted by Crippen LogP contribution is -2.22. The molecule has 2 saturated heterocycles. The van der Waals surface area contributed by atoms with Crippen LogP contribution in [-0.4, -0.2) is 70.9 Å². The molecule has 0 N–H and O–H groups in total. The third-order valence-electron chi connectivity index (χ3n) is 4.71. The van der Waals surface area contributed by atoms with Crippen molar-refractivity contribution in [2.24, 2.45) is 0 Å². The zero-order valence-corrected chi connectivity index (χ0v) is 16.6. The molecule has 4 unspecified atom stereocenters. The van der Waals surface area contributed by atoms with Crippen LogP contribution in [0, 0.1) is 0 Å². The number of carbonyl (C=O) groups excluding carboxylic acids is 2. The van der Waals surface area contributed by atoms with Gasteiger partial charge in [0.2, 0.25) is 0 Å². The molecule has 150 valence electrons. The second-order valence-electron chi connectivity index (χ2n) is 6.65. The molecule has 26 heavy (non-hydrogen) atoms. The Morgan fingerprint density at radius 2 is 1.08 bits per heavy atom. The van der Waals surface area contributed by atoms with Gasteiger partial charge in [0, 0.05) is 13.1 Å². The Morgan fingerprint density at radius 3 is 1.38 bits per heavy atom. The molecular formula is C18H34N4O4. The first-order valence-electron chi connectivity index (χ1n) is 10.1. The zero-order valence-electron chi connectivity index (χ0n) is 16.6. The molecule has 0 saturated carbocycles. The molecule has 0 aromatic heterocycles. The maximum absolute atomic E-state index is 12.3. The van der Waals surface area contributed by atoms with E-state index in [0.717, 1.165) is 51.6 Å². The van der Waals surface area contributed by atoms with Crippen LogP contribution in [0.25, 0.3) is 0 Å². The van der Waals surface area contributed by atoms with Gasteiger partial charge in [-0.1, -0.05) is 39.5 Å². The van der Waals surface area contributed by atoms with E-state index in [1.165, 1.54) is 0 Å². The molecule has 8 nitrogen and oxygen atoms in total. The van der Waals surface area contributed by atoms with E-state index in [2.05, 4.69) is 13.8 Å². The fourth-order valence-corrected chi connectivity index (χ4v) is 3.34. The molecule has 0 aromatic rings. The first-order valence-corrected chi connectivity index (χ1v) is 10.1. The van der Waals surface area contributed by atoms with Crippen LogP contribution in [0.1, 0.15) is 66.2 Å². The standard InChI is InChI=1S/C18H34N4O4/c1-5-9-11-13-19-15(21(19)17(23)25-7-3)16-20(14-12-10-6-2)22(16)18(24)26-8-4/h15-16H,5-14H2,1-4H3. The van der Waals surface area contributed by atoms with Crippen LogP contribution in [0.3, 0.4) is 0 Å². The van der Waals surface area contributed by atoms with Gasteiger partial charge < -0.3 is 9.47 Å². The van der Waals surface area contributed by atoms with E-state index in [1.54, 1.807) is 23.9 Å². The molecule has 2 aliphatic heterocycles. The maximum Gasteiger partial charge on any atom is 0.426 e. The highest BCUT2D eigenvalue weighted by Gasteiger charge is 2.67. The lowest BCUT2D eigenvalue weighted by atomic mass is 10.2. The number of hydrazine groups is 2. The maximum atomic E-state index is 12.3. The summed E-state index contributed by atoms with van der Waals surface area (Å²) in [5.74, 6) is 0. The third-order valence-corrected chi connectivity index (χ3v) is 4.71. The Morgan fingerprint density at radius 1 is 0.692 bits per heavy atom. The molecule has 2 heterocycles. The summed E-state index contributed by atoms with van der Waals surface area (Å²) >= 11 is 0. The summed E-state index contributed by atoms with van der Waals surface area (Å²) in [4.78, 5) is 24.5. The number of amides is 2. The zero-order chi connectivity index (χ0) is 19.1. The Labute approximate surface area is 156 Å². The molecular weight excluding hydrogens is 336 g/mol. The van der Waals surface area contributed by atoms with Crippen LogP contribution in [0.5, 0.6) is 0 Å². The summed E-state index contributed by atoms with van der Waals surface area (Å²) in [5.41, 5.74) is 0. The second-order valence-corrected chi connectivity index (χ2v) is 6.65. The molecule has 0 bridgehead atoms. The van der Waals surface area contributed by atoms with E-state index < -0.39 is 0 Å². The van der Waals surface area contributed by atoms with Gasteiger partial charge in [-0.3, -0.25) is 0 Å².